The quantitative estimate of drug-likeness (QED) is 0.329. The van der Waals surface area contributed by atoms with E-state index in [4.69, 9.17) is 0 Å². The van der Waals surface area contributed by atoms with E-state index in [9.17, 15) is 0 Å². The molecule has 9 heteroatoms. The van der Waals surface area contributed by atoms with Crippen LogP contribution in [0.5, 0.6) is 0 Å². The number of guanidine groups is 1. The van der Waals surface area contributed by atoms with Gasteiger partial charge in [0.15, 0.2) is 5.96 Å². The highest BCUT2D eigenvalue weighted by Gasteiger charge is 2.03. The number of rotatable bonds is 6. The van der Waals surface area contributed by atoms with Crippen molar-refractivity contribution in [1.82, 2.24) is 34.9 Å². The number of hydrogen-bond acceptors (Lipinski definition) is 4. The SMILES string of the molecule is CCNC(=NCc1ccnc(-n2ccnc2)c1)NCc1ccnn1C.I. The second kappa shape index (κ2) is 9.90. The molecule has 3 aromatic rings. The monoisotopic (exact) mass is 466 g/mol. The van der Waals surface area contributed by atoms with Crippen molar-refractivity contribution in [2.45, 2.75) is 20.0 Å². The van der Waals surface area contributed by atoms with Crippen LogP contribution in [0.25, 0.3) is 5.82 Å². The van der Waals surface area contributed by atoms with Gasteiger partial charge >= 0.3 is 0 Å². The van der Waals surface area contributed by atoms with Crippen LogP contribution in [0.2, 0.25) is 0 Å². The molecule has 0 bridgehead atoms. The molecule has 0 aromatic carbocycles. The van der Waals surface area contributed by atoms with Gasteiger partial charge in [-0.25, -0.2) is 15.0 Å². The van der Waals surface area contributed by atoms with Crippen molar-refractivity contribution >= 4 is 29.9 Å². The third kappa shape index (κ3) is 5.28. The van der Waals surface area contributed by atoms with E-state index in [0.29, 0.717) is 13.1 Å². The maximum atomic E-state index is 4.65. The van der Waals surface area contributed by atoms with E-state index in [1.807, 2.05) is 47.6 Å². The fraction of sp³-hybridized carbons (Fsp3) is 0.294. The van der Waals surface area contributed by atoms with Crippen LogP contribution in [0.4, 0.5) is 0 Å². The molecule has 0 saturated carbocycles. The summed E-state index contributed by atoms with van der Waals surface area (Å²) in [6.45, 7) is 4.07. The summed E-state index contributed by atoms with van der Waals surface area (Å²) in [7, 11) is 1.93. The molecule has 138 valence electrons. The van der Waals surface area contributed by atoms with Crippen molar-refractivity contribution in [2.24, 2.45) is 12.0 Å². The lowest BCUT2D eigenvalue weighted by Gasteiger charge is -2.11. The highest BCUT2D eigenvalue weighted by Crippen LogP contribution is 2.08. The third-order valence-electron chi connectivity index (χ3n) is 3.70. The molecule has 0 spiro atoms. The Morgan fingerprint density at radius 2 is 2.08 bits per heavy atom. The van der Waals surface area contributed by atoms with Gasteiger partial charge in [0, 0.05) is 38.4 Å². The molecule has 0 saturated heterocycles. The normalized spacial score (nSPS) is 11.1. The molecule has 0 aliphatic carbocycles. The lowest BCUT2D eigenvalue weighted by Crippen LogP contribution is -2.37. The lowest BCUT2D eigenvalue weighted by atomic mass is 10.2. The summed E-state index contributed by atoms with van der Waals surface area (Å²) < 4.78 is 3.72. The molecule has 8 nitrogen and oxygen atoms in total. The Kier molecular flexibility index (Phi) is 7.57. The van der Waals surface area contributed by atoms with Gasteiger partial charge in [-0.2, -0.15) is 5.10 Å². The smallest absolute Gasteiger partial charge is 0.191 e. The van der Waals surface area contributed by atoms with Crippen LogP contribution in [0, 0.1) is 0 Å². The maximum Gasteiger partial charge on any atom is 0.191 e. The van der Waals surface area contributed by atoms with Crippen LogP contribution in [-0.2, 0) is 20.1 Å². The Balaban J connectivity index is 0.00000243. The van der Waals surface area contributed by atoms with E-state index < -0.39 is 0 Å². The van der Waals surface area contributed by atoms with Crippen LogP contribution < -0.4 is 10.6 Å². The maximum absolute atomic E-state index is 4.65. The number of nitrogens with zero attached hydrogens (tertiary/aromatic N) is 6. The van der Waals surface area contributed by atoms with Gasteiger partial charge < -0.3 is 10.6 Å². The summed E-state index contributed by atoms with van der Waals surface area (Å²) in [5.41, 5.74) is 2.17. The number of imidazole rings is 1. The van der Waals surface area contributed by atoms with Gasteiger partial charge in [0.1, 0.15) is 12.1 Å². The molecule has 0 radical (unpaired) electrons. The first kappa shape index (κ1) is 19.9. The van der Waals surface area contributed by atoms with Crippen molar-refractivity contribution in [3.05, 3.63) is 60.6 Å². The predicted molar refractivity (Wildman–Crippen MR) is 112 cm³/mol. The molecule has 26 heavy (non-hydrogen) atoms. The molecular formula is C17H23IN8. The molecule has 0 atom stereocenters. The predicted octanol–water partition coefficient (Wildman–Crippen LogP) is 1.87. The molecule has 0 unspecified atom stereocenters. The Morgan fingerprint density at radius 1 is 1.19 bits per heavy atom. The Bertz CT molecular complexity index is 825. The summed E-state index contributed by atoms with van der Waals surface area (Å²) >= 11 is 0. The molecule has 3 heterocycles. The topological polar surface area (TPSA) is 84.9 Å². The van der Waals surface area contributed by atoms with Crippen LogP contribution >= 0.6 is 24.0 Å². The summed E-state index contributed by atoms with van der Waals surface area (Å²) in [6, 6.07) is 5.96. The van der Waals surface area contributed by atoms with Gasteiger partial charge in [-0.3, -0.25) is 9.25 Å². The third-order valence-corrected chi connectivity index (χ3v) is 3.70. The Morgan fingerprint density at radius 3 is 2.77 bits per heavy atom. The number of nitrogens with one attached hydrogen (secondary N) is 2. The molecule has 0 fully saturated rings. The highest BCUT2D eigenvalue weighted by atomic mass is 127. The van der Waals surface area contributed by atoms with E-state index in [-0.39, 0.29) is 24.0 Å². The molecule has 2 N–H and O–H groups in total. The average Bonchev–Trinajstić information content (AvgIpc) is 3.29. The van der Waals surface area contributed by atoms with Crippen LogP contribution in [0.3, 0.4) is 0 Å². The highest BCUT2D eigenvalue weighted by molar-refractivity contribution is 14.0. The van der Waals surface area contributed by atoms with Gasteiger partial charge in [0.05, 0.1) is 18.8 Å². The van der Waals surface area contributed by atoms with E-state index in [0.717, 1.165) is 29.6 Å². The summed E-state index contributed by atoms with van der Waals surface area (Å²) in [5.74, 6) is 1.60. The number of halogens is 1. The van der Waals surface area contributed by atoms with E-state index >= 15 is 0 Å². The summed E-state index contributed by atoms with van der Waals surface area (Å²) in [4.78, 5) is 13.1. The molecule has 0 aliphatic heterocycles. The zero-order valence-corrected chi connectivity index (χ0v) is 17.2. The standard InChI is InChI=1S/C17H22N8.HI/c1-3-19-17(22-12-15-5-7-23-24(15)2)21-11-14-4-6-20-16(10-14)25-9-8-18-13-25;/h4-10,13H,3,11-12H2,1-2H3,(H2,19,21,22);1H. The van der Waals surface area contributed by atoms with Gasteiger partial charge in [-0.05, 0) is 30.7 Å². The van der Waals surface area contributed by atoms with Crippen molar-refractivity contribution in [2.75, 3.05) is 6.54 Å². The number of hydrogen-bond donors (Lipinski definition) is 2. The fourth-order valence-electron chi connectivity index (χ4n) is 2.36. The molecule has 0 aliphatic rings. The minimum Gasteiger partial charge on any atom is -0.357 e. The van der Waals surface area contributed by atoms with Gasteiger partial charge in [0.2, 0.25) is 0 Å². The zero-order valence-electron chi connectivity index (χ0n) is 14.8. The van der Waals surface area contributed by atoms with Crippen LogP contribution in [0.1, 0.15) is 18.2 Å². The van der Waals surface area contributed by atoms with E-state index in [2.05, 4.69) is 30.7 Å². The first-order valence-electron chi connectivity index (χ1n) is 8.18. The van der Waals surface area contributed by atoms with E-state index in [1.54, 1.807) is 24.9 Å². The number of aromatic nitrogens is 5. The number of pyridine rings is 1. The van der Waals surface area contributed by atoms with Crippen LogP contribution in [-0.4, -0.2) is 36.8 Å². The van der Waals surface area contributed by atoms with Gasteiger partial charge in [-0.1, -0.05) is 0 Å². The van der Waals surface area contributed by atoms with Crippen molar-refractivity contribution in [3.8, 4) is 5.82 Å². The zero-order chi connectivity index (χ0) is 17.5. The first-order valence-corrected chi connectivity index (χ1v) is 8.18. The molecule has 0 amide bonds. The number of aliphatic imine (C=N–C) groups is 1. The largest absolute Gasteiger partial charge is 0.357 e. The minimum atomic E-state index is 0. The lowest BCUT2D eigenvalue weighted by molar-refractivity contribution is 0.685. The minimum absolute atomic E-state index is 0. The van der Waals surface area contributed by atoms with Crippen LogP contribution in [0.15, 0.2) is 54.3 Å². The molecule has 3 aromatic heterocycles. The second-order valence-electron chi connectivity index (χ2n) is 5.49. The Hall–Kier alpha value is -2.43. The van der Waals surface area contributed by atoms with Gasteiger partial charge in [-0.15, -0.1) is 24.0 Å². The summed E-state index contributed by atoms with van der Waals surface area (Å²) in [6.07, 6.45) is 8.91. The molecular weight excluding hydrogens is 443 g/mol. The van der Waals surface area contributed by atoms with E-state index in [1.165, 1.54) is 0 Å². The number of aryl methyl sites for hydroxylation is 1. The van der Waals surface area contributed by atoms with Gasteiger partial charge in [0.25, 0.3) is 0 Å². The molecule has 3 rings (SSSR count). The van der Waals surface area contributed by atoms with Crippen molar-refractivity contribution in [3.63, 3.8) is 0 Å². The summed E-state index contributed by atoms with van der Waals surface area (Å²) in [5, 5.41) is 10.7. The fourth-order valence-corrected chi connectivity index (χ4v) is 2.36. The average molecular weight is 466 g/mol. The first-order chi connectivity index (χ1) is 12.3. The Labute approximate surface area is 169 Å². The van der Waals surface area contributed by atoms with Crippen molar-refractivity contribution < 1.29 is 0 Å². The van der Waals surface area contributed by atoms with Crippen molar-refractivity contribution in [1.29, 1.82) is 0 Å². The second-order valence-corrected chi connectivity index (χ2v) is 5.49.